The van der Waals surface area contributed by atoms with Crippen molar-refractivity contribution in [3.63, 3.8) is 0 Å². The Morgan fingerprint density at radius 1 is 0.778 bits per heavy atom. The minimum absolute atomic E-state index is 0.837. The smallest absolute Gasteiger partial charge is 0.0400 e. The summed E-state index contributed by atoms with van der Waals surface area (Å²) in [4.78, 5) is 0. The van der Waals surface area contributed by atoms with Crippen LogP contribution in [0, 0.1) is 6.92 Å². The van der Waals surface area contributed by atoms with E-state index in [1.165, 1.54) is 22.1 Å². The average Bonchev–Trinajstić information content (AvgIpc) is 2.39. The maximum Gasteiger partial charge on any atom is 0.0400 e. The molecule has 0 amide bonds. The van der Waals surface area contributed by atoms with Gasteiger partial charge in [-0.15, -0.1) is 0 Å². The highest BCUT2D eigenvalue weighted by Crippen LogP contribution is 2.32. The molecule has 3 aromatic carbocycles. The molecular formula is C17H15N. The van der Waals surface area contributed by atoms with Crippen LogP contribution in [0.4, 0.5) is 5.69 Å². The minimum Gasteiger partial charge on any atom is -0.398 e. The minimum atomic E-state index is 0.837. The van der Waals surface area contributed by atoms with Gasteiger partial charge in [0.15, 0.2) is 0 Å². The highest BCUT2D eigenvalue weighted by molar-refractivity contribution is 6.04. The highest BCUT2D eigenvalue weighted by Gasteiger charge is 2.05. The van der Waals surface area contributed by atoms with Gasteiger partial charge in [0.2, 0.25) is 0 Å². The zero-order chi connectivity index (χ0) is 12.5. The van der Waals surface area contributed by atoms with E-state index in [4.69, 9.17) is 5.73 Å². The standard InChI is InChI=1S/C17H15N/c1-12-8-10-13(11-9-12)15-6-2-4-14-5-3-7-16(18)17(14)15/h2-11H,18H2,1H3. The van der Waals surface area contributed by atoms with Gasteiger partial charge in [-0.2, -0.15) is 0 Å². The normalized spacial score (nSPS) is 10.7. The molecule has 0 heterocycles. The summed E-state index contributed by atoms with van der Waals surface area (Å²) >= 11 is 0. The second-order valence-corrected chi connectivity index (χ2v) is 4.62. The van der Waals surface area contributed by atoms with Crippen LogP contribution in [0.3, 0.4) is 0 Å². The van der Waals surface area contributed by atoms with Crippen LogP contribution in [-0.4, -0.2) is 0 Å². The number of benzene rings is 3. The van der Waals surface area contributed by atoms with Crippen LogP contribution in [0.2, 0.25) is 0 Å². The molecule has 0 saturated carbocycles. The fourth-order valence-electron chi connectivity index (χ4n) is 2.34. The largest absolute Gasteiger partial charge is 0.398 e. The first-order chi connectivity index (χ1) is 8.75. The highest BCUT2D eigenvalue weighted by atomic mass is 14.5. The van der Waals surface area contributed by atoms with Crippen molar-refractivity contribution in [1.82, 2.24) is 0 Å². The fourth-order valence-corrected chi connectivity index (χ4v) is 2.34. The first kappa shape index (κ1) is 10.8. The Morgan fingerprint density at radius 3 is 2.17 bits per heavy atom. The third-order valence-corrected chi connectivity index (χ3v) is 3.30. The van der Waals surface area contributed by atoms with Gasteiger partial charge in [0.25, 0.3) is 0 Å². The maximum absolute atomic E-state index is 6.12. The van der Waals surface area contributed by atoms with Gasteiger partial charge in [-0.05, 0) is 29.5 Å². The second kappa shape index (κ2) is 4.19. The Hall–Kier alpha value is -2.28. The predicted octanol–water partition coefficient (Wildman–Crippen LogP) is 4.40. The third kappa shape index (κ3) is 1.74. The summed E-state index contributed by atoms with van der Waals surface area (Å²) in [6.45, 7) is 2.10. The number of anilines is 1. The van der Waals surface area contributed by atoms with Crippen LogP contribution in [-0.2, 0) is 0 Å². The molecule has 0 aliphatic rings. The zero-order valence-electron chi connectivity index (χ0n) is 10.4. The molecule has 0 fully saturated rings. The third-order valence-electron chi connectivity index (χ3n) is 3.30. The van der Waals surface area contributed by atoms with Crippen LogP contribution in [0.25, 0.3) is 21.9 Å². The molecule has 3 rings (SSSR count). The lowest BCUT2D eigenvalue weighted by molar-refractivity contribution is 1.47. The van der Waals surface area contributed by atoms with Crippen LogP contribution < -0.4 is 5.73 Å². The van der Waals surface area contributed by atoms with Crippen molar-refractivity contribution in [2.75, 3.05) is 5.73 Å². The van der Waals surface area contributed by atoms with E-state index >= 15 is 0 Å². The molecule has 1 heteroatoms. The number of hydrogen-bond acceptors (Lipinski definition) is 1. The van der Waals surface area contributed by atoms with Crippen molar-refractivity contribution in [2.45, 2.75) is 6.92 Å². The first-order valence-corrected chi connectivity index (χ1v) is 6.10. The topological polar surface area (TPSA) is 26.0 Å². The quantitative estimate of drug-likeness (QED) is 0.619. The van der Waals surface area contributed by atoms with E-state index in [-0.39, 0.29) is 0 Å². The molecule has 2 N–H and O–H groups in total. The molecule has 1 nitrogen and oxygen atoms in total. The van der Waals surface area contributed by atoms with E-state index in [2.05, 4.69) is 55.5 Å². The van der Waals surface area contributed by atoms with Crippen LogP contribution in [0.5, 0.6) is 0 Å². The van der Waals surface area contributed by atoms with Gasteiger partial charge in [-0.1, -0.05) is 60.2 Å². The SMILES string of the molecule is Cc1ccc(-c2cccc3cccc(N)c23)cc1. The van der Waals surface area contributed by atoms with E-state index in [1.807, 2.05) is 12.1 Å². The van der Waals surface area contributed by atoms with Crippen molar-refractivity contribution >= 4 is 16.5 Å². The number of rotatable bonds is 1. The monoisotopic (exact) mass is 233 g/mol. The zero-order valence-corrected chi connectivity index (χ0v) is 10.4. The van der Waals surface area contributed by atoms with Crippen LogP contribution in [0.1, 0.15) is 5.56 Å². The summed E-state index contributed by atoms with van der Waals surface area (Å²) in [6.07, 6.45) is 0. The fraction of sp³-hybridized carbons (Fsp3) is 0.0588. The Balaban J connectivity index is 2.32. The lowest BCUT2D eigenvalue weighted by atomic mass is 9.96. The van der Waals surface area contributed by atoms with Crippen molar-refractivity contribution in [3.8, 4) is 11.1 Å². The molecule has 0 spiro atoms. The molecule has 0 aliphatic heterocycles. The summed E-state index contributed by atoms with van der Waals surface area (Å²) in [5.41, 5.74) is 10.6. The summed E-state index contributed by atoms with van der Waals surface area (Å²) in [5, 5.41) is 2.33. The van der Waals surface area contributed by atoms with Crippen molar-refractivity contribution in [2.24, 2.45) is 0 Å². The number of aryl methyl sites for hydroxylation is 1. The Morgan fingerprint density at radius 2 is 1.44 bits per heavy atom. The molecule has 88 valence electrons. The summed E-state index contributed by atoms with van der Waals surface area (Å²) in [5.74, 6) is 0. The molecule has 0 radical (unpaired) electrons. The van der Waals surface area contributed by atoms with Crippen molar-refractivity contribution in [3.05, 3.63) is 66.2 Å². The van der Waals surface area contributed by atoms with Crippen LogP contribution in [0.15, 0.2) is 60.7 Å². The Kier molecular flexibility index (Phi) is 2.52. The average molecular weight is 233 g/mol. The van der Waals surface area contributed by atoms with E-state index < -0.39 is 0 Å². The molecular weight excluding hydrogens is 218 g/mol. The number of fused-ring (bicyclic) bond motifs is 1. The van der Waals surface area contributed by atoms with Crippen LogP contribution >= 0.6 is 0 Å². The van der Waals surface area contributed by atoms with E-state index in [9.17, 15) is 0 Å². The molecule has 0 bridgehead atoms. The molecule has 3 aromatic rings. The molecule has 0 aromatic heterocycles. The van der Waals surface area contributed by atoms with Gasteiger partial charge in [0.05, 0.1) is 0 Å². The van der Waals surface area contributed by atoms with Gasteiger partial charge in [-0.25, -0.2) is 0 Å². The van der Waals surface area contributed by atoms with Crippen molar-refractivity contribution < 1.29 is 0 Å². The molecule has 0 aliphatic carbocycles. The van der Waals surface area contributed by atoms with Gasteiger partial charge in [0.1, 0.15) is 0 Å². The lowest BCUT2D eigenvalue weighted by Gasteiger charge is -2.09. The predicted molar refractivity (Wildman–Crippen MR) is 78.5 cm³/mol. The Labute approximate surface area is 107 Å². The van der Waals surface area contributed by atoms with Gasteiger partial charge >= 0.3 is 0 Å². The molecule has 0 unspecified atom stereocenters. The first-order valence-electron chi connectivity index (χ1n) is 6.10. The molecule has 0 atom stereocenters. The summed E-state index contributed by atoms with van der Waals surface area (Å²) < 4.78 is 0. The summed E-state index contributed by atoms with van der Waals surface area (Å²) in [6, 6.07) is 20.9. The molecule has 0 saturated heterocycles. The van der Waals surface area contributed by atoms with Gasteiger partial charge < -0.3 is 5.73 Å². The Bertz CT molecular complexity index is 691. The van der Waals surface area contributed by atoms with E-state index in [1.54, 1.807) is 0 Å². The number of nitrogens with two attached hydrogens (primary N) is 1. The molecule has 18 heavy (non-hydrogen) atoms. The maximum atomic E-state index is 6.12. The van der Waals surface area contributed by atoms with Gasteiger partial charge in [0, 0.05) is 11.1 Å². The van der Waals surface area contributed by atoms with E-state index in [0.29, 0.717) is 0 Å². The van der Waals surface area contributed by atoms with Gasteiger partial charge in [-0.3, -0.25) is 0 Å². The number of nitrogen functional groups attached to an aromatic ring is 1. The lowest BCUT2D eigenvalue weighted by Crippen LogP contribution is -1.89. The number of hydrogen-bond donors (Lipinski definition) is 1. The van der Waals surface area contributed by atoms with Crippen molar-refractivity contribution in [1.29, 1.82) is 0 Å². The van der Waals surface area contributed by atoms with E-state index in [0.717, 1.165) is 11.1 Å². The summed E-state index contributed by atoms with van der Waals surface area (Å²) in [7, 11) is 0. The second-order valence-electron chi connectivity index (χ2n) is 4.62.